The summed E-state index contributed by atoms with van der Waals surface area (Å²) in [6.07, 6.45) is 4.32. The van der Waals surface area contributed by atoms with E-state index in [1.165, 1.54) is 23.1 Å². The third-order valence-electron chi connectivity index (χ3n) is 6.03. The van der Waals surface area contributed by atoms with Crippen LogP contribution < -0.4 is 0 Å². The summed E-state index contributed by atoms with van der Waals surface area (Å²) in [6.45, 7) is 9.01. The quantitative estimate of drug-likeness (QED) is 0.798. The van der Waals surface area contributed by atoms with Gasteiger partial charge in [0.1, 0.15) is 0 Å². The minimum atomic E-state index is -0.275. The van der Waals surface area contributed by atoms with E-state index in [9.17, 15) is 5.11 Å². The van der Waals surface area contributed by atoms with Crippen molar-refractivity contribution in [1.29, 1.82) is 0 Å². The van der Waals surface area contributed by atoms with Crippen LogP contribution in [0, 0.1) is 23.7 Å². The van der Waals surface area contributed by atoms with E-state index in [4.69, 9.17) is 0 Å². The first kappa shape index (κ1) is 12.9. The molecule has 1 aromatic carbocycles. The highest BCUT2D eigenvalue weighted by Gasteiger charge is 2.63. The molecule has 1 N–H and O–H groups in total. The van der Waals surface area contributed by atoms with Crippen LogP contribution in [0.25, 0.3) is 6.08 Å². The Balaban J connectivity index is 2.01. The van der Waals surface area contributed by atoms with Crippen molar-refractivity contribution in [2.75, 3.05) is 0 Å². The summed E-state index contributed by atoms with van der Waals surface area (Å²) in [5.41, 5.74) is 4.01. The monoisotopic (exact) mass is 256 g/mol. The second-order valence-corrected chi connectivity index (χ2v) is 7.19. The maximum absolute atomic E-state index is 10.7. The molecule has 1 heteroatoms. The fourth-order valence-electron chi connectivity index (χ4n) is 4.19. The summed E-state index contributed by atoms with van der Waals surface area (Å²) in [4.78, 5) is 0. The van der Waals surface area contributed by atoms with Crippen LogP contribution in [0.1, 0.15) is 44.7 Å². The molecule has 19 heavy (non-hydrogen) atoms. The van der Waals surface area contributed by atoms with Gasteiger partial charge in [-0.05, 0) is 42.2 Å². The van der Waals surface area contributed by atoms with Gasteiger partial charge in [-0.25, -0.2) is 0 Å². The number of aryl methyl sites for hydroxylation is 1. The molecule has 0 radical (unpaired) electrons. The van der Waals surface area contributed by atoms with Crippen LogP contribution in [0.15, 0.2) is 29.8 Å². The molecule has 2 aliphatic carbocycles. The maximum Gasteiger partial charge on any atom is 0.0815 e. The minimum absolute atomic E-state index is 0.0498. The van der Waals surface area contributed by atoms with Crippen LogP contribution in [0.4, 0.5) is 0 Å². The minimum Gasteiger partial charge on any atom is -0.388 e. The van der Waals surface area contributed by atoms with Crippen LogP contribution in [0.5, 0.6) is 0 Å². The Morgan fingerprint density at radius 1 is 1.16 bits per heavy atom. The van der Waals surface area contributed by atoms with Crippen LogP contribution in [-0.2, 0) is 0 Å². The third-order valence-corrected chi connectivity index (χ3v) is 6.03. The molecule has 1 nitrogen and oxygen atoms in total. The Morgan fingerprint density at radius 2 is 1.79 bits per heavy atom. The van der Waals surface area contributed by atoms with E-state index >= 15 is 0 Å². The summed E-state index contributed by atoms with van der Waals surface area (Å²) in [5, 5.41) is 10.7. The molecule has 3 rings (SSSR count). The van der Waals surface area contributed by atoms with Gasteiger partial charge < -0.3 is 5.11 Å². The van der Waals surface area contributed by atoms with Crippen LogP contribution in [0.2, 0.25) is 0 Å². The molecule has 0 aromatic heterocycles. The van der Waals surface area contributed by atoms with Gasteiger partial charge in [-0.15, -0.1) is 0 Å². The lowest BCUT2D eigenvalue weighted by Gasteiger charge is -2.36. The largest absolute Gasteiger partial charge is 0.388 e. The van der Waals surface area contributed by atoms with Crippen molar-refractivity contribution in [3.63, 3.8) is 0 Å². The molecule has 2 aliphatic rings. The van der Waals surface area contributed by atoms with Crippen LogP contribution in [-0.4, -0.2) is 11.2 Å². The number of hydrogen-bond donors (Lipinski definition) is 1. The molecule has 0 saturated heterocycles. The van der Waals surface area contributed by atoms with Gasteiger partial charge in [0, 0.05) is 5.41 Å². The summed E-state index contributed by atoms with van der Waals surface area (Å²) >= 11 is 0. The number of aliphatic hydroxyl groups excluding tert-OH is 1. The molecular formula is C18H24O. The molecule has 102 valence electrons. The van der Waals surface area contributed by atoms with Crippen molar-refractivity contribution in [3.05, 3.63) is 41.0 Å². The average molecular weight is 256 g/mol. The molecular weight excluding hydrogens is 232 g/mol. The van der Waals surface area contributed by atoms with Crippen LogP contribution >= 0.6 is 0 Å². The standard InChI is InChI=1S/C18H24O/c1-12-5-7-13(8-6-12)11-14-15-9-10-18(4,16(14)19)17(15,2)3/h5-8,11,15-16,19H,9-10H2,1-4H3/b14-11+. The van der Waals surface area contributed by atoms with Crippen molar-refractivity contribution in [3.8, 4) is 0 Å². The van der Waals surface area contributed by atoms with Crippen LogP contribution in [0.3, 0.4) is 0 Å². The van der Waals surface area contributed by atoms with Crippen molar-refractivity contribution in [1.82, 2.24) is 0 Å². The van der Waals surface area contributed by atoms with Gasteiger partial charge in [0.2, 0.25) is 0 Å². The zero-order valence-electron chi connectivity index (χ0n) is 12.4. The molecule has 0 amide bonds. The van der Waals surface area contributed by atoms with Gasteiger partial charge in [-0.2, -0.15) is 0 Å². The topological polar surface area (TPSA) is 20.2 Å². The van der Waals surface area contributed by atoms with Gasteiger partial charge in [-0.3, -0.25) is 0 Å². The smallest absolute Gasteiger partial charge is 0.0815 e. The second kappa shape index (κ2) is 3.96. The zero-order chi connectivity index (χ0) is 13.8. The first-order valence-electron chi connectivity index (χ1n) is 7.32. The van der Waals surface area contributed by atoms with Gasteiger partial charge in [0.05, 0.1) is 6.10 Å². The lowest BCUT2D eigenvalue weighted by atomic mass is 9.70. The molecule has 2 bridgehead atoms. The van der Waals surface area contributed by atoms with E-state index < -0.39 is 0 Å². The Bertz CT molecular complexity index is 523. The Morgan fingerprint density at radius 3 is 2.32 bits per heavy atom. The van der Waals surface area contributed by atoms with Crippen molar-refractivity contribution in [2.24, 2.45) is 16.7 Å². The summed E-state index contributed by atoms with van der Waals surface area (Å²) < 4.78 is 0. The number of fused-ring (bicyclic) bond motifs is 2. The SMILES string of the molecule is Cc1ccc(/C=C2\C3CCC(C)(C2O)C3(C)C)cc1. The molecule has 0 aliphatic heterocycles. The van der Waals surface area contributed by atoms with E-state index in [-0.39, 0.29) is 16.9 Å². The van der Waals surface area contributed by atoms with Crippen molar-refractivity contribution < 1.29 is 5.11 Å². The predicted octanol–water partition coefficient (Wildman–Crippen LogP) is 4.20. The second-order valence-electron chi connectivity index (χ2n) is 7.19. The van der Waals surface area contributed by atoms with E-state index in [0.717, 1.165) is 6.42 Å². The molecule has 1 aromatic rings. The average Bonchev–Trinajstić information content (AvgIpc) is 2.66. The Hall–Kier alpha value is -1.08. The first-order chi connectivity index (χ1) is 8.86. The fourth-order valence-corrected chi connectivity index (χ4v) is 4.19. The van der Waals surface area contributed by atoms with Gasteiger partial charge in [0.25, 0.3) is 0 Å². The Labute approximate surface area is 116 Å². The normalized spacial score (nSPS) is 38.1. The van der Waals surface area contributed by atoms with E-state index in [1.54, 1.807) is 0 Å². The van der Waals surface area contributed by atoms with Gasteiger partial charge in [-0.1, -0.05) is 56.7 Å². The lowest BCUT2D eigenvalue weighted by molar-refractivity contribution is 0.0264. The van der Waals surface area contributed by atoms with Gasteiger partial charge >= 0.3 is 0 Å². The summed E-state index contributed by atoms with van der Waals surface area (Å²) in [6, 6.07) is 8.57. The highest BCUT2D eigenvalue weighted by Crippen LogP contribution is 2.67. The number of aliphatic hydroxyl groups is 1. The van der Waals surface area contributed by atoms with E-state index in [2.05, 4.69) is 58.0 Å². The van der Waals surface area contributed by atoms with Crippen molar-refractivity contribution >= 4 is 6.08 Å². The Kier molecular flexibility index (Phi) is 2.69. The molecule has 2 fully saturated rings. The lowest BCUT2D eigenvalue weighted by Crippen LogP contribution is -2.35. The summed E-state index contributed by atoms with van der Waals surface area (Å²) in [5.74, 6) is 0.536. The maximum atomic E-state index is 10.7. The highest BCUT2D eigenvalue weighted by molar-refractivity contribution is 5.58. The highest BCUT2D eigenvalue weighted by atomic mass is 16.3. The molecule has 3 atom stereocenters. The van der Waals surface area contributed by atoms with E-state index in [0.29, 0.717) is 5.92 Å². The predicted molar refractivity (Wildman–Crippen MR) is 79.8 cm³/mol. The number of benzene rings is 1. The number of rotatable bonds is 1. The molecule has 3 unspecified atom stereocenters. The summed E-state index contributed by atoms with van der Waals surface area (Å²) in [7, 11) is 0. The molecule has 0 heterocycles. The molecule has 0 spiro atoms. The van der Waals surface area contributed by atoms with Crippen molar-refractivity contribution in [2.45, 2.75) is 46.6 Å². The zero-order valence-corrected chi connectivity index (χ0v) is 12.4. The molecule has 2 saturated carbocycles. The fraction of sp³-hybridized carbons (Fsp3) is 0.556. The third kappa shape index (κ3) is 1.64. The van der Waals surface area contributed by atoms with E-state index in [1.807, 2.05) is 0 Å². The first-order valence-corrected chi connectivity index (χ1v) is 7.32. The number of hydrogen-bond acceptors (Lipinski definition) is 1. The van der Waals surface area contributed by atoms with Gasteiger partial charge in [0.15, 0.2) is 0 Å².